The fourth-order valence-electron chi connectivity index (χ4n) is 2.83. The van der Waals surface area contributed by atoms with E-state index in [1.165, 1.54) is 24.3 Å². The van der Waals surface area contributed by atoms with Crippen LogP contribution in [0.5, 0.6) is 5.75 Å². The molecule has 0 spiro atoms. The minimum absolute atomic E-state index is 0.232. The third-order valence-corrected chi connectivity index (χ3v) is 5.49. The second kappa shape index (κ2) is 6.18. The normalized spacial score (nSPS) is 24.6. The molecule has 5 heteroatoms. The van der Waals surface area contributed by atoms with Crippen LogP contribution in [0, 0.1) is 0 Å². The molecule has 4 nitrogen and oxygen atoms in total. The summed E-state index contributed by atoms with van der Waals surface area (Å²) in [5.74, 6) is 2.14. The van der Waals surface area contributed by atoms with Crippen LogP contribution in [-0.4, -0.2) is 33.9 Å². The van der Waals surface area contributed by atoms with Crippen LogP contribution in [0.25, 0.3) is 0 Å². The van der Waals surface area contributed by atoms with Crippen LogP contribution < -0.4 is 10.1 Å². The second-order valence-electron chi connectivity index (χ2n) is 5.37. The number of methoxy groups -OCH3 is 1. The summed E-state index contributed by atoms with van der Waals surface area (Å²) in [7, 11) is 3.73. The van der Waals surface area contributed by atoms with Gasteiger partial charge in [-0.25, -0.2) is 0 Å². The van der Waals surface area contributed by atoms with E-state index in [4.69, 9.17) is 4.74 Å². The minimum atomic E-state index is 0.232. The maximum absolute atomic E-state index is 5.50. The van der Waals surface area contributed by atoms with Crippen molar-refractivity contribution >= 4 is 11.8 Å². The molecule has 1 aliphatic rings. The molecule has 2 heterocycles. The summed E-state index contributed by atoms with van der Waals surface area (Å²) < 4.78 is 7.69. The lowest BCUT2D eigenvalue weighted by Crippen LogP contribution is -2.39. The van der Waals surface area contributed by atoms with Crippen molar-refractivity contribution in [2.45, 2.75) is 43.9 Å². The number of nitrogens with one attached hydrogen (secondary N) is 1. The Kier molecular flexibility index (Phi) is 4.79. The molecule has 2 atom stereocenters. The topological polar surface area (TPSA) is 39.1 Å². The van der Waals surface area contributed by atoms with Gasteiger partial charge in [-0.3, -0.25) is 4.68 Å². The average Bonchev–Trinajstić information content (AvgIpc) is 2.98. The van der Waals surface area contributed by atoms with Crippen molar-refractivity contribution in [1.29, 1.82) is 0 Å². The lowest BCUT2D eigenvalue weighted by atomic mass is 9.93. The van der Waals surface area contributed by atoms with Crippen molar-refractivity contribution in [3.8, 4) is 5.75 Å². The number of hydrogen-bond donors (Lipinski definition) is 1. The van der Waals surface area contributed by atoms with Gasteiger partial charge < -0.3 is 10.1 Å². The first-order valence-corrected chi connectivity index (χ1v) is 8.04. The Hall–Kier alpha value is -0.680. The third-order valence-electron chi connectivity index (χ3n) is 3.90. The van der Waals surface area contributed by atoms with E-state index in [1.54, 1.807) is 7.11 Å². The molecule has 1 aliphatic heterocycles. The van der Waals surface area contributed by atoms with E-state index in [1.807, 2.05) is 17.9 Å². The van der Waals surface area contributed by atoms with Gasteiger partial charge in [-0.15, -0.1) is 0 Å². The Morgan fingerprint density at radius 1 is 1.63 bits per heavy atom. The van der Waals surface area contributed by atoms with Gasteiger partial charge in [-0.05, 0) is 38.5 Å². The molecule has 0 radical (unpaired) electrons. The van der Waals surface area contributed by atoms with Crippen LogP contribution in [0.2, 0.25) is 0 Å². The fraction of sp³-hybridized carbons (Fsp3) is 0.786. The van der Waals surface area contributed by atoms with Gasteiger partial charge in [0.15, 0.2) is 5.75 Å². The van der Waals surface area contributed by atoms with E-state index in [9.17, 15) is 0 Å². The van der Waals surface area contributed by atoms with Gasteiger partial charge in [-0.1, -0.05) is 6.92 Å². The third kappa shape index (κ3) is 2.92. The molecule has 2 rings (SSSR count). The summed E-state index contributed by atoms with van der Waals surface area (Å²) in [6.45, 7) is 5.59. The van der Waals surface area contributed by atoms with Crippen molar-refractivity contribution in [2.24, 2.45) is 7.05 Å². The summed E-state index contributed by atoms with van der Waals surface area (Å²) in [6.07, 6.45) is 5.50. The fourth-order valence-corrected chi connectivity index (χ4v) is 4.24. The van der Waals surface area contributed by atoms with Gasteiger partial charge in [0, 0.05) is 11.8 Å². The number of nitrogens with zero attached hydrogens (tertiary/aromatic N) is 2. The second-order valence-corrected chi connectivity index (χ2v) is 7.00. The lowest BCUT2D eigenvalue weighted by Gasteiger charge is -2.34. The molecule has 0 aliphatic carbocycles. The maximum Gasteiger partial charge on any atom is 0.161 e. The van der Waals surface area contributed by atoms with E-state index in [-0.39, 0.29) is 4.75 Å². The van der Waals surface area contributed by atoms with Crippen molar-refractivity contribution < 1.29 is 4.74 Å². The summed E-state index contributed by atoms with van der Waals surface area (Å²) in [6, 6.07) is 0.294. The zero-order chi connectivity index (χ0) is 13.9. The Morgan fingerprint density at radius 2 is 2.42 bits per heavy atom. The van der Waals surface area contributed by atoms with Crippen LogP contribution in [0.3, 0.4) is 0 Å². The van der Waals surface area contributed by atoms with E-state index >= 15 is 0 Å². The quantitative estimate of drug-likeness (QED) is 0.871. The van der Waals surface area contributed by atoms with E-state index in [2.05, 4.69) is 36.0 Å². The van der Waals surface area contributed by atoms with Crippen LogP contribution in [-0.2, 0) is 7.05 Å². The number of aromatic nitrogens is 2. The zero-order valence-corrected chi connectivity index (χ0v) is 13.2. The number of rotatable bonds is 6. The molecule has 0 amide bonds. The summed E-state index contributed by atoms with van der Waals surface area (Å²) in [5.41, 5.74) is 1.17. The first-order chi connectivity index (χ1) is 9.12. The van der Waals surface area contributed by atoms with Gasteiger partial charge in [0.05, 0.1) is 25.0 Å². The zero-order valence-electron chi connectivity index (χ0n) is 12.4. The van der Waals surface area contributed by atoms with Crippen molar-refractivity contribution in [1.82, 2.24) is 15.1 Å². The first-order valence-electron chi connectivity index (χ1n) is 7.05. The van der Waals surface area contributed by atoms with E-state index in [0.717, 1.165) is 18.7 Å². The van der Waals surface area contributed by atoms with Crippen molar-refractivity contribution in [3.63, 3.8) is 0 Å². The number of aryl methyl sites for hydroxylation is 1. The molecular weight excluding hydrogens is 258 g/mol. The smallest absolute Gasteiger partial charge is 0.161 e. The molecule has 2 unspecified atom stereocenters. The number of hydrogen-bond acceptors (Lipinski definition) is 4. The van der Waals surface area contributed by atoms with Gasteiger partial charge in [0.1, 0.15) is 0 Å². The molecule has 1 saturated heterocycles. The van der Waals surface area contributed by atoms with Gasteiger partial charge in [-0.2, -0.15) is 16.9 Å². The molecule has 0 aromatic carbocycles. The highest BCUT2D eigenvalue weighted by molar-refractivity contribution is 8.00. The van der Waals surface area contributed by atoms with Gasteiger partial charge in [0.2, 0.25) is 0 Å². The summed E-state index contributed by atoms with van der Waals surface area (Å²) in [5, 5.41) is 8.07. The predicted molar refractivity (Wildman–Crippen MR) is 80.9 cm³/mol. The largest absolute Gasteiger partial charge is 0.493 e. The Bertz CT molecular complexity index is 413. The Labute approximate surface area is 120 Å². The van der Waals surface area contributed by atoms with Crippen molar-refractivity contribution in [3.05, 3.63) is 11.9 Å². The highest BCUT2D eigenvalue weighted by atomic mass is 32.2. The van der Waals surface area contributed by atoms with Crippen LogP contribution in [0.15, 0.2) is 6.20 Å². The van der Waals surface area contributed by atoms with Crippen molar-refractivity contribution in [2.75, 3.05) is 19.4 Å². The highest BCUT2D eigenvalue weighted by Crippen LogP contribution is 2.48. The molecule has 108 valence electrons. The molecule has 0 bridgehead atoms. The molecule has 19 heavy (non-hydrogen) atoms. The standard InChI is InChI=1S/C14H25N3OS/c1-5-8-15-13(14(2)7-6-9-19-14)12-11(18-4)10-16-17(12)3/h10,13,15H,5-9H2,1-4H3. The van der Waals surface area contributed by atoms with E-state index < -0.39 is 0 Å². The molecule has 1 aromatic heterocycles. The molecule has 1 N–H and O–H groups in total. The summed E-state index contributed by atoms with van der Waals surface area (Å²) in [4.78, 5) is 0. The maximum atomic E-state index is 5.50. The lowest BCUT2D eigenvalue weighted by molar-refractivity contribution is 0.360. The molecule has 1 aromatic rings. The monoisotopic (exact) mass is 283 g/mol. The number of thioether (sulfide) groups is 1. The first kappa shape index (κ1) is 14.7. The highest BCUT2D eigenvalue weighted by Gasteiger charge is 2.41. The summed E-state index contributed by atoms with van der Waals surface area (Å²) >= 11 is 2.07. The van der Waals surface area contributed by atoms with Crippen LogP contribution in [0.1, 0.15) is 44.8 Å². The Balaban J connectivity index is 2.33. The Morgan fingerprint density at radius 3 is 3.00 bits per heavy atom. The van der Waals surface area contributed by atoms with Gasteiger partial charge in [0.25, 0.3) is 0 Å². The van der Waals surface area contributed by atoms with Crippen LogP contribution in [0.4, 0.5) is 0 Å². The number of ether oxygens (including phenoxy) is 1. The molecule has 0 saturated carbocycles. The average molecular weight is 283 g/mol. The predicted octanol–water partition coefficient (Wildman–Crippen LogP) is 2.76. The SMILES string of the molecule is CCCNC(c1c(OC)cnn1C)C1(C)CCCS1. The minimum Gasteiger partial charge on any atom is -0.493 e. The molecule has 1 fully saturated rings. The van der Waals surface area contributed by atoms with E-state index in [0.29, 0.717) is 6.04 Å². The van der Waals surface area contributed by atoms with Crippen LogP contribution >= 0.6 is 11.8 Å². The van der Waals surface area contributed by atoms with Gasteiger partial charge >= 0.3 is 0 Å². The molecular formula is C14H25N3OS.